The zero-order chi connectivity index (χ0) is 28.4. The average Bonchev–Trinajstić information content (AvgIpc) is 3.42. The van der Waals surface area contributed by atoms with E-state index in [1.165, 1.54) is 47.0 Å². The van der Waals surface area contributed by atoms with Crippen molar-refractivity contribution in [1.29, 1.82) is 0 Å². The highest BCUT2D eigenvalue weighted by Crippen LogP contribution is 2.40. The van der Waals surface area contributed by atoms with E-state index < -0.39 is 29.2 Å². The van der Waals surface area contributed by atoms with Gasteiger partial charge in [0.05, 0.1) is 27.1 Å². The van der Waals surface area contributed by atoms with Crippen LogP contribution in [0.15, 0.2) is 69.5 Å². The fourth-order valence-electron chi connectivity index (χ4n) is 4.22. The minimum absolute atomic E-state index is 0.0619. The molecule has 0 spiro atoms. The number of carbonyl (C=O) groups excluding carboxylic acids is 3. The van der Waals surface area contributed by atoms with E-state index in [1.807, 2.05) is 35.7 Å². The number of benzene rings is 2. The van der Waals surface area contributed by atoms with Gasteiger partial charge < -0.3 is 15.7 Å². The first kappa shape index (κ1) is 28.5. The van der Waals surface area contributed by atoms with Gasteiger partial charge in [0.2, 0.25) is 5.91 Å². The van der Waals surface area contributed by atoms with Gasteiger partial charge in [0.25, 0.3) is 11.8 Å². The molecule has 1 fully saturated rings. The summed E-state index contributed by atoms with van der Waals surface area (Å²) in [5, 5.41) is 16.9. The Hall–Kier alpha value is -3.03. The number of carboxylic acid groups (broad SMARTS) is 1. The van der Waals surface area contributed by atoms with Crippen LogP contribution >= 0.6 is 58.1 Å². The van der Waals surface area contributed by atoms with Gasteiger partial charge in [-0.05, 0) is 17.7 Å². The van der Waals surface area contributed by atoms with Crippen molar-refractivity contribution in [3.63, 3.8) is 0 Å². The number of hydrogen-bond acceptors (Lipinski definition) is 8. The first-order valence-electron chi connectivity index (χ1n) is 11.8. The summed E-state index contributed by atoms with van der Waals surface area (Å²) in [6.07, 6.45) is 0. The third-order valence-corrected chi connectivity index (χ3v) is 10.1. The molecule has 1 saturated heterocycles. The lowest BCUT2D eigenvalue weighted by molar-refractivity contribution is -0.150. The molecule has 9 nitrogen and oxygen atoms in total. The standard InChI is InChI=1S/C26H20Cl2N4O5S3/c27-15-7-4-8-16(28)19(15)22(34)29-9-14-10-38-24-20(23(35)32(24)21(14)25(36)37)31-18(33)12-40-26-30-17(11-39-26)13-5-2-1-3-6-13/h1-8,11,20,24H,9-10,12H2,(H,29,34)(H,31,33)(H,36,37)/t20?,24-/m1/s1. The maximum absolute atomic E-state index is 12.9. The van der Waals surface area contributed by atoms with Crippen molar-refractivity contribution in [1.82, 2.24) is 20.5 Å². The van der Waals surface area contributed by atoms with Gasteiger partial charge in [-0.3, -0.25) is 19.3 Å². The third kappa shape index (κ3) is 5.86. The second kappa shape index (κ2) is 12.2. The largest absolute Gasteiger partial charge is 0.477 e. The van der Waals surface area contributed by atoms with E-state index in [0.717, 1.165) is 20.5 Å². The van der Waals surface area contributed by atoms with Gasteiger partial charge in [0.1, 0.15) is 17.1 Å². The molecule has 3 amide bonds. The third-order valence-electron chi connectivity index (χ3n) is 6.10. The van der Waals surface area contributed by atoms with Crippen LogP contribution in [-0.4, -0.2) is 68.1 Å². The van der Waals surface area contributed by atoms with Gasteiger partial charge in [0.15, 0.2) is 4.34 Å². The van der Waals surface area contributed by atoms with Gasteiger partial charge in [-0.25, -0.2) is 9.78 Å². The summed E-state index contributed by atoms with van der Waals surface area (Å²) in [4.78, 5) is 56.0. The molecule has 3 heterocycles. The van der Waals surface area contributed by atoms with Crippen molar-refractivity contribution >= 4 is 81.8 Å². The summed E-state index contributed by atoms with van der Waals surface area (Å²) in [5.74, 6) is -2.42. The fourth-order valence-corrected chi connectivity index (χ4v) is 7.78. The molecule has 0 aliphatic carbocycles. The monoisotopic (exact) mass is 634 g/mol. The number of amides is 3. The normalized spacial score (nSPS) is 18.1. The van der Waals surface area contributed by atoms with Crippen LogP contribution in [0.2, 0.25) is 10.0 Å². The van der Waals surface area contributed by atoms with E-state index in [4.69, 9.17) is 23.2 Å². The Labute approximate surface area is 251 Å². The summed E-state index contributed by atoms with van der Waals surface area (Å²) < 4.78 is 0.725. The molecule has 3 N–H and O–H groups in total. The van der Waals surface area contributed by atoms with Crippen molar-refractivity contribution in [3.05, 3.63) is 80.8 Å². The van der Waals surface area contributed by atoms with Crippen LogP contribution in [-0.2, 0) is 14.4 Å². The van der Waals surface area contributed by atoms with Crippen LogP contribution in [0.4, 0.5) is 0 Å². The van der Waals surface area contributed by atoms with Crippen LogP contribution in [0.5, 0.6) is 0 Å². The zero-order valence-electron chi connectivity index (χ0n) is 20.4. The van der Waals surface area contributed by atoms with Crippen molar-refractivity contribution in [3.8, 4) is 11.3 Å². The number of carboxylic acids is 1. The van der Waals surface area contributed by atoms with E-state index in [2.05, 4.69) is 15.6 Å². The number of carbonyl (C=O) groups is 4. The van der Waals surface area contributed by atoms with Crippen LogP contribution in [0.25, 0.3) is 11.3 Å². The molecule has 1 aromatic heterocycles. The van der Waals surface area contributed by atoms with Gasteiger partial charge in [-0.1, -0.05) is 71.4 Å². The molecule has 206 valence electrons. The smallest absolute Gasteiger partial charge is 0.352 e. The molecule has 0 radical (unpaired) electrons. The Kier molecular flexibility index (Phi) is 8.71. The zero-order valence-corrected chi connectivity index (χ0v) is 24.4. The number of aromatic nitrogens is 1. The Morgan fingerprint density at radius 2 is 1.82 bits per heavy atom. The van der Waals surface area contributed by atoms with E-state index in [9.17, 15) is 24.3 Å². The van der Waals surface area contributed by atoms with Crippen molar-refractivity contribution < 1.29 is 24.3 Å². The topological polar surface area (TPSA) is 129 Å². The maximum Gasteiger partial charge on any atom is 0.352 e. The Balaban J connectivity index is 1.19. The number of thioether (sulfide) groups is 2. The van der Waals surface area contributed by atoms with Crippen LogP contribution in [0, 0.1) is 0 Å². The second-order valence-corrected chi connectivity index (χ2v) is 12.6. The number of fused-ring (bicyclic) bond motifs is 1. The number of hydrogen-bond donors (Lipinski definition) is 3. The molecular formula is C26H20Cl2N4O5S3. The highest BCUT2D eigenvalue weighted by molar-refractivity contribution is 8.01. The molecule has 5 rings (SSSR count). The number of nitrogens with zero attached hydrogens (tertiary/aromatic N) is 2. The molecule has 40 heavy (non-hydrogen) atoms. The van der Waals surface area contributed by atoms with E-state index in [-0.39, 0.29) is 45.3 Å². The van der Waals surface area contributed by atoms with Crippen molar-refractivity contribution in [2.45, 2.75) is 15.8 Å². The number of thiazole rings is 1. The quantitative estimate of drug-likeness (QED) is 0.234. The molecule has 2 aliphatic rings. The lowest BCUT2D eigenvalue weighted by atomic mass is 10.0. The molecular weight excluding hydrogens is 615 g/mol. The number of aliphatic carboxylic acids is 1. The molecule has 0 saturated carbocycles. The average molecular weight is 636 g/mol. The summed E-state index contributed by atoms with van der Waals surface area (Å²) in [6.45, 7) is -0.113. The van der Waals surface area contributed by atoms with E-state index >= 15 is 0 Å². The molecule has 0 bridgehead atoms. The lowest BCUT2D eigenvalue weighted by Crippen LogP contribution is -2.70. The molecule has 2 aromatic carbocycles. The van der Waals surface area contributed by atoms with Gasteiger partial charge in [-0.2, -0.15) is 0 Å². The predicted molar refractivity (Wildman–Crippen MR) is 157 cm³/mol. The Morgan fingerprint density at radius 1 is 1.10 bits per heavy atom. The van der Waals surface area contributed by atoms with E-state index in [0.29, 0.717) is 5.57 Å². The number of β-lactam (4-membered cyclic amide) rings is 1. The van der Waals surface area contributed by atoms with Crippen molar-refractivity contribution in [2.75, 3.05) is 18.1 Å². The highest BCUT2D eigenvalue weighted by atomic mass is 35.5. The van der Waals surface area contributed by atoms with Gasteiger partial charge >= 0.3 is 5.97 Å². The van der Waals surface area contributed by atoms with E-state index in [1.54, 1.807) is 6.07 Å². The summed E-state index contributed by atoms with van der Waals surface area (Å²) in [7, 11) is 0. The number of rotatable bonds is 9. The predicted octanol–water partition coefficient (Wildman–Crippen LogP) is 4.38. The van der Waals surface area contributed by atoms with Crippen LogP contribution in [0.3, 0.4) is 0 Å². The Morgan fingerprint density at radius 3 is 2.52 bits per heavy atom. The Bertz CT molecular complexity index is 1510. The van der Waals surface area contributed by atoms with Crippen LogP contribution in [0.1, 0.15) is 10.4 Å². The number of nitrogens with one attached hydrogen (secondary N) is 2. The minimum Gasteiger partial charge on any atom is -0.477 e. The SMILES string of the molecule is O=C(CSc1nc(-c2ccccc2)cs1)NC1C(=O)N2C(C(=O)O)=C(CNC(=O)c3c(Cl)cccc3Cl)CS[C@H]12. The molecule has 1 unspecified atom stereocenters. The van der Waals surface area contributed by atoms with Crippen molar-refractivity contribution in [2.24, 2.45) is 0 Å². The summed E-state index contributed by atoms with van der Waals surface area (Å²) in [5.41, 5.74) is 2.05. The first-order valence-corrected chi connectivity index (χ1v) is 15.5. The van der Waals surface area contributed by atoms with Crippen LogP contribution < -0.4 is 10.6 Å². The minimum atomic E-state index is -1.29. The summed E-state index contributed by atoms with van der Waals surface area (Å²) >= 11 is 16.2. The second-order valence-electron chi connectivity index (χ2n) is 8.64. The van der Waals surface area contributed by atoms with Gasteiger partial charge in [0, 0.05) is 23.2 Å². The molecule has 14 heteroatoms. The maximum atomic E-state index is 12.9. The highest BCUT2D eigenvalue weighted by Gasteiger charge is 2.54. The summed E-state index contributed by atoms with van der Waals surface area (Å²) in [6, 6.07) is 13.5. The molecule has 2 aliphatic heterocycles. The lowest BCUT2D eigenvalue weighted by Gasteiger charge is -2.49. The first-order chi connectivity index (χ1) is 19.2. The van der Waals surface area contributed by atoms with Gasteiger partial charge in [-0.15, -0.1) is 23.1 Å². The number of halogens is 2. The fraction of sp³-hybridized carbons (Fsp3) is 0.192. The molecule has 2 atom stereocenters. The molecule has 3 aromatic rings.